The maximum Gasteiger partial charge on any atom is 0.268 e. The highest BCUT2D eigenvalue weighted by atomic mass is 32.2. The highest BCUT2D eigenvalue weighted by molar-refractivity contribution is 7.98. The predicted octanol–water partition coefficient (Wildman–Crippen LogP) is 2.98. The van der Waals surface area contributed by atoms with Gasteiger partial charge in [-0.3, -0.25) is 4.79 Å². The van der Waals surface area contributed by atoms with E-state index in [-0.39, 0.29) is 5.71 Å². The van der Waals surface area contributed by atoms with Crippen LogP contribution in [0.1, 0.15) is 11.1 Å². The van der Waals surface area contributed by atoms with Crippen molar-refractivity contribution in [3.63, 3.8) is 0 Å². The minimum absolute atomic E-state index is 0.283. The van der Waals surface area contributed by atoms with Crippen LogP contribution in [0.4, 0.5) is 0 Å². The van der Waals surface area contributed by atoms with Gasteiger partial charge in [0.1, 0.15) is 5.71 Å². The van der Waals surface area contributed by atoms with Gasteiger partial charge in [-0.1, -0.05) is 48.0 Å². The van der Waals surface area contributed by atoms with Crippen LogP contribution in [0, 0.1) is 6.92 Å². The minimum Gasteiger partial charge on any atom is -0.364 e. The van der Waals surface area contributed by atoms with Gasteiger partial charge >= 0.3 is 0 Å². The molecule has 0 aromatic heterocycles. The van der Waals surface area contributed by atoms with E-state index >= 15 is 0 Å². The Labute approximate surface area is 116 Å². The molecule has 3 nitrogen and oxygen atoms in total. The molecule has 2 aromatic rings. The second-order valence-electron chi connectivity index (χ2n) is 4.07. The largest absolute Gasteiger partial charge is 0.364 e. The fraction of sp³-hybridized carbons (Fsp3) is 0.0667. The van der Waals surface area contributed by atoms with E-state index < -0.39 is 5.91 Å². The van der Waals surface area contributed by atoms with Crippen molar-refractivity contribution in [1.82, 2.24) is 0 Å². The number of rotatable bonds is 4. The summed E-state index contributed by atoms with van der Waals surface area (Å²) >= 11 is 1.25. The SMILES string of the molecule is Cc1ccc(SN=C(C(N)=O)c2ccccc2)cc1. The van der Waals surface area contributed by atoms with E-state index in [4.69, 9.17) is 5.73 Å². The summed E-state index contributed by atoms with van der Waals surface area (Å²) in [7, 11) is 0. The third-order valence-corrected chi connectivity index (χ3v) is 3.30. The molecule has 0 saturated carbocycles. The summed E-state index contributed by atoms with van der Waals surface area (Å²) < 4.78 is 4.25. The summed E-state index contributed by atoms with van der Waals surface area (Å²) in [5, 5.41) is 0. The van der Waals surface area contributed by atoms with Gasteiger partial charge in [-0.15, -0.1) is 0 Å². The zero-order chi connectivity index (χ0) is 13.7. The monoisotopic (exact) mass is 270 g/mol. The molecular formula is C15H14N2OS. The van der Waals surface area contributed by atoms with Gasteiger partial charge in [0, 0.05) is 22.4 Å². The number of hydrogen-bond acceptors (Lipinski definition) is 3. The van der Waals surface area contributed by atoms with Crippen molar-refractivity contribution in [3.8, 4) is 0 Å². The number of nitrogens with two attached hydrogens (primary N) is 1. The molecular weight excluding hydrogens is 256 g/mol. The molecule has 0 aliphatic carbocycles. The first-order chi connectivity index (χ1) is 9.16. The summed E-state index contributed by atoms with van der Waals surface area (Å²) in [6.45, 7) is 2.02. The van der Waals surface area contributed by atoms with Crippen LogP contribution in [0.3, 0.4) is 0 Å². The molecule has 0 aliphatic rings. The van der Waals surface area contributed by atoms with Gasteiger partial charge in [0.25, 0.3) is 5.91 Å². The van der Waals surface area contributed by atoms with Crippen LogP contribution in [-0.2, 0) is 4.79 Å². The molecule has 1 amide bonds. The molecule has 4 heteroatoms. The average Bonchev–Trinajstić information content (AvgIpc) is 2.42. The maximum absolute atomic E-state index is 11.5. The lowest BCUT2D eigenvalue weighted by atomic mass is 10.1. The van der Waals surface area contributed by atoms with Gasteiger partial charge in [-0.25, -0.2) is 4.40 Å². The fourth-order valence-corrected chi connectivity index (χ4v) is 2.18. The number of hydrogen-bond donors (Lipinski definition) is 1. The zero-order valence-electron chi connectivity index (χ0n) is 10.5. The van der Waals surface area contributed by atoms with E-state index in [1.54, 1.807) is 0 Å². The van der Waals surface area contributed by atoms with Crippen molar-refractivity contribution in [2.24, 2.45) is 10.1 Å². The number of carbonyl (C=O) groups excluding carboxylic acids is 1. The lowest BCUT2D eigenvalue weighted by Crippen LogP contribution is -2.23. The lowest BCUT2D eigenvalue weighted by molar-refractivity contribution is -0.111. The van der Waals surface area contributed by atoms with Gasteiger partial charge in [-0.2, -0.15) is 0 Å². The van der Waals surface area contributed by atoms with Crippen molar-refractivity contribution in [2.45, 2.75) is 11.8 Å². The second-order valence-corrected chi connectivity index (χ2v) is 4.91. The fourth-order valence-electron chi connectivity index (χ4n) is 1.53. The Balaban J connectivity index is 2.23. The standard InChI is InChI=1S/C15H14N2OS/c1-11-7-9-13(10-8-11)19-17-14(15(16)18)12-5-3-2-4-6-12/h2-10H,1H3,(H2,16,18). The first-order valence-electron chi connectivity index (χ1n) is 5.84. The van der Waals surface area contributed by atoms with E-state index in [1.165, 1.54) is 17.5 Å². The summed E-state index contributed by atoms with van der Waals surface area (Å²) in [6.07, 6.45) is 0. The smallest absolute Gasteiger partial charge is 0.268 e. The molecule has 0 aliphatic heterocycles. The highest BCUT2D eigenvalue weighted by Gasteiger charge is 2.09. The molecule has 0 spiro atoms. The minimum atomic E-state index is -0.522. The lowest BCUT2D eigenvalue weighted by Gasteiger charge is -2.02. The van der Waals surface area contributed by atoms with Gasteiger partial charge in [0.05, 0.1) is 0 Å². The molecule has 0 heterocycles. The molecule has 0 fully saturated rings. The Morgan fingerprint density at radius 3 is 2.26 bits per heavy atom. The number of carbonyl (C=O) groups is 1. The summed E-state index contributed by atoms with van der Waals surface area (Å²) in [5.41, 5.74) is 7.58. The summed E-state index contributed by atoms with van der Waals surface area (Å²) in [5.74, 6) is -0.522. The van der Waals surface area contributed by atoms with Crippen LogP contribution in [0.25, 0.3) is 0 Å². The second kappa shape index (κ2) is 6.20. The molecule has 0 radical (unpaired) electrons. The van der Waals surface area contributed by atoms with Crippen molar-refractivity contribution < 1.29 is 4.79 Å². The molecule has 0 unspecified atom stereocenters. The average molecular weight is 270 g/mol. The van der Waals surface area contributed by atoms with Crippen molar-refractivity contribution in [3.05, 3.63) is 65.7 Å². The molecule has 0 atom stereocenters. The van der Waals surface area contributed by atoms with E-state index in [2.05, 4.69) is 4.40 Å². The number of benzene rings is 2. The Hall–Kier alpha value is -2.07. The van der Waals surface area contributed by atoms with Crippen LogP contribution in [0.5, 0.6) is 0 Å². The first-order valence-corrected chi connectivity index (χ1v) is 6.61. The van der Waals surface area contributed by atoms with Crippen LogP contribution in [0.15, 0.2) is 63.9 Å². The molecule has 19 heavy (non-hydrogen) atoms. The molecule has 2 aromatic carbocycles. The van der Waals surface area contributed by atoms with Crippen LogP contribution < -0.4 is 5.73 Å². The van der Waals surface area contributed by atoms with E-state index in [9.17, 15) is 4.79 Å². The van der Waals surface area contributed by atoms with E-state index in [0.717, 1.165) is 10.5 Å². The summed E-state index contributed by atoms with van der Waals surface area (Å²) in [4.78, 5) is 12.4. The molecule has 2 N–H and O–H groups in total. The van der Waals surface area contributed by atoms with Crippen molar-refractivity contribution in [2.75, 3.05) is 0 Å². The third kappa shape index (κ3) is 3.69. The van der Waals surface area contributed by atoms with Gasteiger partial charge < -0.3 is 5.73 Å². The molecule has 0 saturated heterocycles. The Morgan fingerprint density at radius 2 is 1.68 bits per heavy atom. The van der Waals surface area contributed by atoms with Crippen molar-refractivity contribution in [1.29, 1.82) is 0 Å². The number of nitrogens with zero attached hydrogens (tertiary/aromatic N) is 1. The van der Waals surface area contributed by atoms with Crippen LogP contribution in [-0.4, -0.2) is 11.6 Å². The topological polar surface area (TPSA) is 55.4 Å². The quantitative estimate of drug-likeness (QED) is 0.686. The third-order valence-electron chi connectivity index (χ3n) is 2.54. The van der Waals surface area contributed by atoms with Gasteiger partial charge in [0.15, 0.2) is 0 Å². The van der Waals surface area contributed by atoms with Crippen molar-refractivity contribution >= 4 is 23.6 Å². The number of primary amides is 1. The van der Waals surface area contributed by atoms with Gasteiger partial charge in [0.2, 0.25) is 0 Å². The zero-order valence-corrected chi connectivity index (χ0v) is 11.4. The van der Waals surface area contributed by atoms with E-state index in [1.807, 2.05) is 61.5 Å². The first kappa shape index (κ1) is 13.4. The van der Waals surface area contributed by atoms with Crippen LogP contribution >= 0.6 is 11.9 Å². The molecule has 2 rings (SSSR count). The normalized spacial score (nSPS) is 11.3. The Morgan fingerprint density at radius 1 is 1.05 bits per heavy atom. The molecule has 96 valence electrons. The number of amides is 1. The van der Waals surface area contributed by atoms with Crippen LogP contribution in [0.2, 0.25) is 0 Å². The predicted molar refractivity (Wildman–Crippen MR) is 79.2 cm³/mol. The summed E-state index contributed by atoms with van der Waals surface area (Å²) in [6, 6.07) is 17.2. The maximum atomic E-state index is 11.5. The van der Waals surface area contributed by atoms with Gasteiger partial charge in [-0.05, 0) is 19.1 Å². The Bertz CT molecular complexity index is 591. The number of aryl methyl sites for hydroxylation is 1. The highest BCUT2D eigenvalue weighted by Crippen LogP contribution is 2.20. The Kier molecular flexibility index (Phi) is 4.36. The van der Waals surface area contributed by atoms with E-state index in [0.29, 0.717) is 0 Å². The molecule has 0 bridgehead atoms.